The lowest BCUT2D eigenvalue weighted by atomic mass is 10.1. The minimum absolute atomic E-state index is 0.179. The van der Waals surface area contributed by atoms with Gasteiger partial charge in [-0.1, -0.05) is 53.5 Å². The number of carbonyl (C=O) groups is 2. The molecule has 4 aromatic rings. The van der Waals surface area contributed by atoms with E-state index < -0.39 is 5.97 Å². The maximum Gasteiger partial charge on any atom is 0.335 e. The smallest absolute Gasteiger partial charge is 0.335 e. The Balaban J connectivity index is 1.46. The van der Waals surface area contributed by atoms with E-state index in [1.807, 2.05) is 30.3 Å². The number of nitrogens with zero attached hydrogens (tertiary/aromatic N) is 2. The number of benzene rings is 3. The van der Waals surface area contributed by atoms with Crippen molar-refractivity contribution in [3.05, 3.63) is 117 Å². The molecule has 1 fully saturated rings. The number of halogens is 2. The number of para-hydroxylation sites is 1. The maximum absolute atomic E-state index is 13.4. The van der Waals surface area contributed by atoms with Crippen LogP contribution in [0.25, 0.3) is 17.4 Å². The van der Waals surface area contributed by atoms with E-state index in [1.165, 1.54) is 23.9 Å². The van der Waals surface area contributed by atoms with Gasteiger partial charge >= 0.3 is 5.97 Å². The third kappa shape index (κ3) is 5.64. The molecule has 0 aliphatic carbocycles. The van der Waals surface area contributed by atoms with Gasteiger partial charge in [-0.25, -0.2) is 9.79 Å². The van der Waals surface area contributed by atoms with Crippen molar-refractivity contribution in [3.63, 3.8) is 0 Å². The number of hydrogen-bond donors (Lipinski definition) is 1. The fourth-order valence-electron chi connectivity index (χ4n) is 3.67. The molecule has 0 spiro atoms. The van der Waals surface area contributed by atoms with Crippen LogP contribution in [0.1, 0.15) is 21.7 Å². The summed E-state index contributed by atoms with van der Waals surface area (Å²) in [6.45, 7) is 0.232. The lowest BCUT2D eigenvalue weighted by Gasteiger charge is -2.16. The van der Waals surface area contributed by atoms with E-state index in [-0.39, 0.29) is 18.0 Å². The molecule has 0 atom stereocenters. The first-order valence-electron chi connectivity index (χ1n) is 11.1. The Kier molecular flexibility index (Phi) is 7.19. The summed E-state index contributed by atoms with van der Waals surface area (Å²) in [6, 6.07) is 24.4. The first kappa shape index (κ1) is 24.9. The molecule has 3 aromatic carbocycles. The van der Waals surface area contributed by atoms with E-state index >= 15 is 0 Å². The van der Waals surface area contributed by atoms with Gasteiger partial charge in [-0.05, 0) is 71.9 Å². The van der Waals surface area contributed by atoms with Gasteiger partial charge in [-0.2, -0.15) is 0 Å². The standard InChI is InChI=1S/C28H18Cl2N2O4S/c29-19-10-12-23(30)22(14-19)24-13-11-21(36-24)15-25-26(33)32(16-17-6-8-18(9-7-17)27(34)35)28(37-25)31-20-4-2-1-3-5-20/h1-15H,16H2,(H,34,35)/b25-15+,31-28?. The number of furan rings is 1. The lowest BCUT2D eigenvalue weighted by molar-refractivity contribution is -0.122. The molecule has 1 aliphatic heterocycles. The third-order valence-electron chi connectivity index (χ3n) is 5.50. The minimum Gasteiger partial charge on any atom is -0.478 e. The summed E-state index contributed by atoms with van der Waals surface area (Å²) in [6.07, 6.45) is 1.67. The van der Waals surface area contributed by atoms with E-state index in [9.17, 15) is 9.59 Å². The van der Waals surface area contributed by atoms with Crippen molar-refractivity contribution in [2.75, 3.05) is 0 Å². The van der Waals surface area contributed by atoms with E-state index in [0.717, 1.165) is 5.56 Å². The van der Waals surface area contributed by atoms with Gasteiger partial charge in [0, 0.05) is 16.7 Å². The number of carbonyl (C=O) groups excluding carboxylic acids is 1. The van der Waals surface area contributed by atoms with Crippen LogP contribution in [0.4, 0.5) is 5.69 Å². The summed E-state index contributed by atoms with van der Waals surface area (Å²) in [7, 11) is 0. The minimum atomic E-state index is -1.01. The van der Waals surface area contributed by atoms with Crippen molar-refractivity contribution in [1.82, 2.24) is 4.90 Å². The van der Waals surface area contributed by atoms with Crippen LogP contribution >= 0.6 is 35.0 Å². The summed E-state index contributed by atoms with van der Waals surface area (Å²) in [5.41, 5.74) is 2.32. The molecule has 1 aliphatic rings. The summed E-state index contributed by atoms with van der Waals surface area (Å²) in [4.78, 5) is 31.3. The molecule has 0 bridgehead atoms. The van der Waals surface area contributed by atoms with Gasteiger partial charge in [0.1, 0.15) is 11.5 Å². The van der Waals surface area contributed by atoms with Gasteiger partial charge in [-0.15, -0.1) is 0 Å². The molecule has 2 heterocycles. The maximum atomic E-state index is 13.4. The fourth-order valence-corrected chi connectivity index (χ4v) is 5.03. The zero-order chi connectivity index (χ0) is 25.9. The number of aliphatic imine (C=N–C) groups is 1. The Labute approximate surface area is 226 Å². The van der Waals surface area contributed by atoms with E-state index in [0.29, 0.717) is 42.9 Å². The van der Waals surface area contributed by atoms with Gasteiger partial charge in [0.05, 0.1) is 27.7 Å². The number of amides is 1. The molecule has 1 amide bonds. The number of amidine groups is 1. The number of hydrogen-bond acceptors (Lipinski definition) is 5. The van der Waals surface area contributed by atoms with Crippen LogP contribution in [0, 0.1) is 0 Å². The Morgan fingerprint density at radius 1 is 1.00 bits per heavy atom. The van der Waals surface area contributed by atoms with Crippen molar-refractivity contribution in [2.45, 2.75) is 6.54 Å². The summed E-state index contributed by atoms with van der Waals surface area (Å²) < 4.78 is 5.96. The lowest BCUT2D eigenvalue weighted by Crippen LogP contribution is -2.28. The highest BCUT2D eigenvalue weighted by Crippen LogP contribution is 2.37. The van der Waals surface area contributed by atoms with Crippen LogP contribution in [0.5, 0.6) is 0 Å². The predicted octanol–water partition coefficient (Wildman–Crippen LogP) is 7.76. The molecule has 37 heavy (non-hydrogen) atoms. The average Bonchev–Trinajstić information content (AvgIpc) is 3.47. The number of carboxylic acids is 1. The average molecular weight is 549 g/mol. The monoisotopic (exact) mass is 548 g/mol. The van der Waals surface area contributed by atoms with Crippen LogP contribution < -0.4 is 0 Å². The van der Waals surface area contributed by atoms with E-state index in [1.54, 1.807) is 53.4 Å². The van der Waals surface area contributed by atoms with Crippen LogP contribution in [0.3, 0.4) is 0 Å². The topological polar surface area (TPSA) is 83.1 Å². The Morgan fingerprint density at radius 2 is 1.76 bits per heavy atom. The molecule has 1 N–H and O–H groups in total. The number of thioether (sulfide) groups is 1. The van der Waals surface area contributed by atoms with Crippen molar-refractivity contribution in [1.29, 1.82) is 0 Å². The summed E-state index contributed by atoms with van der Waals surface area (Å²) in [5.74, 6) is -0.231. The largest absolute Gasteiger partial charge is 0.478 e. The van der Waals surface area contributed by atoms with Crippen LogP contribution in [-0.4, -0.2) is 27.1 Å². The molecule has 9 heteroatoms. The molecule has 0 unspecified atom stereocenters. The molecular weight excluding hydrogens is 531 g/mol. The highest BCUT2D eigenvalue weighted by molar-refractivity contribution is 8.18. The molecule has 0 radical (unpaired) electrons. The van der Waals surface area contributed by atoms with Gasteiger partial charge in [-0.3, -0.25) is 9.69 Å². The van der Waals surface area contributed by atoms with Crippen LogP contribution in [0.15, 0.2) is 99.2 Å². The molecular formula is C28H18Cl2N2O4S. The fraction of sp³-hybridized carbons (Fsp3) is 0.0357. The van der Waals surface area contributed by atoms with Crippen molar-refractivity contribution in [3.8, 4) is 11.3 Å². The second-order valence-electron chi connectivity index (χ2n) is 8.06. The first-order chi connectivity index (χ1) is 17.9. The van der Waals surface area contributed by atoms with Crippen LogP contribution in [-0.2, 0) is 11.3 Å². The highest BCUT2D eigenvalue weighted by Gasteiger charge is 2.34. The summed E-state index contributed by atoms with van der Waals surface area (Å²) >= 11 is 13.7. The van der Waals surface area contributed by atoms with Gasteiger partial charge in [0.15, 0.2) is 5.17 Å². The highest BCUT2D eigenvalue weighted by atomic mass is 35.5. The van der Waals surface area contributed by atoms with Gasteiger partial charge in [0.2, 0.25) is 0 Å². The second-order valence-corrected chi connectivity index (χ2v) is 9.91. The van der Waals surface area contributed by atoms with E-state index in [4.69, 9.17) is 32.7 Å². The molecule has 1 aromatic heterocycles. The quantitative estimate of drug-likeness (QED) is 0.249. The SMILES string of the molecule is O=C(O)c1ccc(CN2C(=O)/C(=C\c3ccc(-c4cc(Cl)ccc4Cl)o3)SC2=Nc2ccccc2)cc1. The van der Waals surface area contributed by atoms with Gasteiger partial charge < -0.3 is 9.52 Å². The molecule has 6 nitrogen and oxygen atoms in total. The molecule has 5 rings (SSSR count). The third-order valence-corrected chi connectivity index (χ3v) is 7.08. The molecule has 184 valence electrons. The molecule has 1 saturated heterocycles. The Bertz CT molecular complexity index is 1550. The zero-order valence-electron chi connectivity index (χ0n) is 19.1. The Hall–Kier alpha value is -3.78. The van der Waals surface area contributed by atoms with Crippen molar-refractivity contribution < 1.29 is 19.1 Å². The Morgan fingerprint density at radius 3 is 2.49 bits per heavy atom. The van der Waals surface area contributed by atoms with Gasteiger partial charge in [0.25, 0.3) is 5.91 Å². The number of aromatic carboxylic acids is 1. The van der Waals surface area contributed by atoms with Crippen LogP contribution in [0.2, 0.25) is 10.0 Å². The predicted molar refractivity (Wildman–Crippen MR) is 147 cm³/mol. The van der Waals surface area contributed by atoms with Crippen molar-refractivity contribution >= 4 is 63.8 Å². The molecule has 0 saturated carbocycles. The zero-order valence-corrected chi connectivity index (χ0v) is 21.4. The second kappa shape index (κ2) is 10.7. The van der Waals surface area contributed by atoms with E-state index in [2.05, 4.69) is 4.99 Å². The number of carboxylic acid groups (broad SMARTS) is 1. The summed E-state index contributed by atoms with van der Waals surface area (Å²) in [5, 5.41) is 10.7. The number of rotatable bonds is 6. The first-order valence-corrected chi connectivity index (χ1v) is 12.7. The normalized spacial score (nSPS) is 15.6. The van der Waals surface area contributed by atoms with Crippen molar-refractivity contribution in [2.24, 2.45) is 4.99 Å².